The van der Waals surface area contributed by atoms with Crippen molar-refractivity contribution in [2.75, 3.05) is 46.0 Å². The molecule has 1 amide bonds. The maximum atomic E-state index is 11.8. The maximum Gasteiger partial charge on any atom is 0.257 e. The number of carbonyl (C=O) groups excluding carboxylic acids is 1. The number of morpholine rings is 1. The number of hydrogen-bond acceptors (Lipinski definition) is 4. The minimum absolute atomic E-state index is 0.116. The highest BCUT2D eigenvalue weighted by molar-refractivity contribution is 6.43. The molecule has 0 aromatic heterocycles. The van der Waals surface area contributed by atoms with Gasteiger partial charge in [-0.15, -0.1) is 0 Å². The third-order valence-electron chi connectivity index (χ3n) is 3.41. The summed E-state index contributed by atoms with van der Waals surface area (Å²) in [6, 6.07) is 2.99. The summed E-state index contributed by atoms with van der Waals surface area (Å²) in [6.07, 6.45) is 0.888. The zero-order chi connectivity index (χ0) is 16.7. The molecule has 23 heavy (non-hydrogen) atoms. The molecule has 1 fully saturated rings. The lowest BCUT2D eigenvalue weighted by Gasteiger charge is -2.26. The van der Waals surface area contributed by atoms with Crippen LogP contribution in [0.4, 0.5) is 0 Å². The molecule has 0 aliphatic carbocycles. The van der Waals surface area contributed by atoms with Gasteiger partial charge in [0.25, 0.3) is 5.91 Å². The zero-order valence-corrected chi connectivity index (χ0v) is 14.9. The van der Waals surface area contributed by atoms with Crippen LogP contribution in [0.5, 0.6) is 5.75 Å². The number of benzene rings is 1. The van der Waals surface area contributed by atoms with Crippen LogP contribution >= 0.6 is 34.8 Å². The van der Waals surface area contributed by atoms with Gasteiger partial charge in [0.2, 0.25) is 0 Å². The van der Waals surface area contributed by atoms with Crippen LogP contribution in [-0.4, -0.2) is 56.8 Å². The van der Waals surface area contributed by atoms with Gasteiger partial charge in [-0.25, -0.2) is 0 Å². The Hall–Kier alpha value is -0.720. The molecule has 0 saturated carbocycles. The Morgan fingerprint density at radius 2 is 1.87 bits per heavy atom. The van der Waals surface area contributed by atoms with Gasteiger partial charge in [-0.2, -0.15) is 0 Å². The second-order valence-corrected chi connectivity index (χ2v) is 6.36. The largest absolute Gasteiger partial charge is 0.482 e. The molecular formula is C15H19Cl3N2O3. The molecule has 0 atom stereocenters. The Labute approximate surface area is 150 Å². The summed E-state index contributed by atoms with van der Waals surface area (Å²) in [6.45, 7) is 4.90. The molecule has 0 bridgehead atoms. The number of halogens is 3. The highest BCUT2D eigenvalue weighted by Crippen LogP contribution is 2.33. The Kier molecular flexibility index (Phi) is 7.73. The van der Waals surface area contributed by atoms with Crippen LogP contribution in [0.1, 0.15) is 6.42 Å². The lowest BCUT2D eigenvalue weighted by Crippen LogP contribution is -2.38. The predicted molar refractivity (Wildman–Crippen MR) is 91.9 cm³/mol. The normalized spacial score (nSPS) is 15.4. The van der Waals surface area contributed by atoms with E-state index in [0.717, 1.165) is 39.3 Å². The number of nitrogens with zero attached hydrogens (tertiary/aromatic N) is 1. The number of ether oxygens (including phenoxy) is 2. The number of amides is 1. The molecule has 1 saturated heterocycles. The molecule has 1 aliphatic rings. The first-order valence-corrected chi connectivity index (χ1v) is 8.54. The molecule has 1 N–H and O–H groups in total. The van der Waals surface area contributed by atoms with Gasteiger partial charge in [0, 0.05) is 25.7 Å². The molecule has 1 heterocycles. The molecule has 1 aromatic carbocycles. The van der Waals surface area contributed by atoms with E-state index in [1.807, 2.05) is 0 Å². The highest BCUT2D eigenvalue weighted by atomic mass is 35.5. The molecule has 1 aliphatic heterocycles. The Morgan fingerprint density at radius 1 is 1.17 bits per heavy atom. The van der Waals surface area contributed by atoms with Crippen molar-refractivity contribution in [1.29, 1.82) is 0 Å². The molecule has 8 heteroatoms. The molecule has 1 aromatic rings. The first-order valence-electron chi connectivity index (χ1n) is 7.40. The second kappa shape index (κ2) is 9.55. The van der Waals surface area contributed by atoms with Gasteiger partial charge in [0.1, 0.15) is 5.75 Å². The van der Waals surface area contributed by atoms with Crippen LogP contribution in [0, 0.1) is 0 Å². The summed E-state index contributed by atoms with van der Waals surface area (Å²) < 4.78 is 10.7. The van der Waals surface area contributed by atoms with Crippen molar-refractivity contribution in [3.63, 3.8) is 0 Å². The Morgan fingerprint density at radius 3 is 2.61 bits per heavy atom. The SMILES string of the molecule is O=C(COc1cc(Cl)c(Cl)cc1Cl)NCCCN1CCOCC1. The molecular weight excluding hydrogens is 363 g/mol. The van der Waals surface area contributed by atoms with E-state index >= 15 is 0 Å². The van der Waals surface area contributed by atoms with Crippen molar-refractivity contribution in [3.8, 4) is 5.75 Å². The van der Waals surface area contributed by atoms with E-state index in [2.05, 4.69) is 10.2 Å². The van der Waals surface area contributed by atoms with Gasteiger partial charge >= 0.3 is 0 Å². The lowest BCUT2D eigenvalue weighted by atomic mass is 10.3. The Balaban J connectivity index is 1.64. The smallest absolute Gasteiger partial charge is 0.257 e. The minimum Gasteiger partial charge on any atom is -0.482 e. The number of rotatable bonds is 7. The van der Waals surface area contributed by atoms with E-state index in [4.69, 9.17) is 44.3 Å². The highest BCUT2D eigenvalue weighted by Gasteiger charge is 2.11. The van der Waals surface area contributed by atoms with E-state index in [-0.39, 0.29) is 12.5 Å². The summed E-state index contributed by atoms with van der Waals surface area (Å²) in [4.78, 5) is 14.1. The average molecular weight is 382 g/mol. The van der Waals surface area contributed by atoms with Gasteiger partial charge in [0.15, 0.2) is 6.61 Å². The lowest BCUT2D eigenvalue weighted by molar-refractivity contribution is -0.123. The van der Waals surface area contributed by atoms with E-state index < -0.39 is 0 Å². The van der Waals surface area contributed by atoms with Crippen molar-refractivity contribution in [3.05, 3.63) is 27.2 Å². The van der Waals surface area contributed by atoms with E-state index in [9.17, 15) is 4.79 Å². The first-order chi connectivity index (χ1) is 11.1. The first kappa shape index (κ1) is 18.6. The maximum absolute atomic E-state index is 11.8. The van der Waals surface area contributed by atoms with Gasteiger partial charge in [-0.05, 0) is 19.0 Å². The summed E-state index contributed by atoms with van der Waals surface area (Å²) in [7, 11) is 0. The van der Waals surface area contributed by atoms with Crippen LogP contribution in [0.25, 0.3) is 0 Å². The molecule has 128 valence electrons. The van der Waals surface area contributed by atoms with Crippen LogP contribution in [0.2, 0.25) is 15.1 Å². The van der Waals surface area contributed by atoms with Crippen molar-refractivity contribution >= 4 is 40.7 Å². The van der Waals surface area contributed by atoms with Crippen LogP contribution in [0.15, 0.2) is 12.1 Å². The standard InChI is InChI=1S/C15H19Cl3N2O3/c16-11-8-13(18)14(9-12(11)17)23-10-15(21)19-2-1-3-20-4-6-22-7-5-20/h8-9H,1-7,10H2,(H,19,21). The molecule has 0 spiro atoms. The Bertz CT molecular complexity index is 537. The van der Waals surface area contributed by atoms with Gasteiger partial charge in [0.05, 0.1) is 28.3 Å². The summed E-state index contributed by atoms with van der Waals surface area (Å²) in [5.74, 6) is 0.138. The van der Waals surface area contributed by atoms with Crippen molar-refractivity contribution in [2.24, 2.45) is 0 Å². The average Bonchev–Trinajstić information content (AvgIpc) is 2.55. The van der Waals surface area contributed by atoms with Crippen LogP contribution < -0.4 is 10.1 Å². The molecule has 0 unspecified atom stereocenters. The molecule has 0 radical (unpaired) electrons. The van der Waals surface area contributed by atoms with Gasteiger partial charge in [-0.3, -0.25) is 9.69 Å². The third-order valence-corrected chi connectivity index (χ3v) is 4.43. The van der Waals surface area contributed by atoms with E-state index in [0.29, 0.717) is 27.4 Å². The van der Waals surface area contributed by atoms with Gasteiger partial charge in [-0.1, -0.05) is 34.8 Å². The topological polar surface area (TPSA) is 50.8 Å². The molecule has 2 rings (SSSR count). The van der Waals surface area contributed by atoms with E-state index in [1.54, 1.807) is 0 Å². The molecule has 5 nitrogen and oxygen atoms in total. The third kappa shape index (κ3) is 6.36. The van der Waals surface area contributed by atoms with Crippen molar-refractivity contribution in [1.82, 2.24) is 10.2 Å². The summed E-state index contributed by atoms with van der Waals surface area (Å²) >= 11 is 17.7. The minimum atomic E-state index is -0.200. The number of carbonyl (C=O) groups is 1. The summed E-state index contributed by atoms with van der Waals surface area (Å²) in [5, 5.41) is 3.81. The van der Waals surface area contributed by atoms with Crippen LogP contribution in [0.3, 0.4) is 0 Å². The monoisotopic (exact) mass is 380 g/mol. The predicted octanol–water partition coefficient (Wildman–Crippen LogP) is 2.86. The van der Waals surface area contributed by atoms with Gasteiger partial charge < -0.3 is 14.8 Å². The van der Waals surface area contributed by atoms with E-state index in [1.165, 1.54) is 12.1 Å². The van der Waals surface area contributed by atoms with Crippen LogP contribution in [-0.2, 0) is 9.53 Å². The fourth-order valence-corrected chi connectivity index (χ4v) is 2.76. The summed E-state index contributed by atoms with van der Waals surface area (Å²) in [5.41, 5.74) is 0. The fraction of sp³-hybridized carbons (Fsp3) is 0.533. The van der Waals surface area contributed by atoms with Crippen molar-refractivity contribution < 1.29 is 14.3 Å². The second-order valence-electron chi connectivity index (χ2n) is 5.14. The number of nitrogens with one attached hydrogen (secondary N) is 1. The number of hydrogen-bond donors (Lipinski definition) is 1. The zero-order valence-electron chi connectivity index (χ0n) is 12.6. The quantitative estimate of drug-likeness (QED) is 0.583. The fourth-order valence-electron chi connectivity index (χ4n) is 2.16. The van der Waals surface area contributed by atoms with Crippen molar-refractivity contribution in [2.45, 2.75) is 6.42 Å².